The highest BCUT2D eigenvalue weighted by Crippen LogP contribution is 2.34. The number of ether oxygens (including phenoxy) is 1. The Kier molecular flexibility index (Phi) is 9.25. The number of hydrogen-bond acceptors (Lipinski definition) is 6. The lowest BCUT2D eigenvalue weighted by Gasteiger charge is -2.38. The Morgan fingerprint density at radius 3 is 2.75 bits per heavy atom. The van der Waals surface area contributed by atoms with E-state index in [0.29, 0.717) is 12.3 Å². The molecule has 1 aromatic carbocycles. The van der Waals surface area contributed by atoms with E-state index in [1.807, 2.05) is 36.7 Å². The third-order valence-corrected chi connectivity index (χ3v) is 7.50. The van der Waals surface area contributed by atoms with Crippen LogP contribution < -0.4 is 4.74 Å². The van der Waals surface area contributed by atoms with Crippen molar-refractivity contribution in [2.75, 3.05) is 26.7 Å². The lowest BCUT2D eigenvalue weighted by atomic mass is 9.79. The van der Waals surface area contributed by atoms with E-state index in [1.165, 1.54) is 5.56 Å². The zero-order valence-electron chi connectivity index (χ0n) is 21.1. The highest BCUT2D eigenvalue weighted by atomic mass is 16.5. The van der Waals surface area contributed by atoms with Gasteiger partial charge in [0.1, 0.15) is 5.75 Å². The maximum atomic E-state index is 11.6. The number of hydrogen-bond donors (Lipinski definition) is 2. The van der Waals surface area contributed by atoms with E-state index in [2.05, 4.69) is 27.0 Å². The number of aryl methyl sites for hydroxylation is 1. The van der Waals surface area contributed by atoms with Crippen molar-refractivity contribution in [3.63, 3.8) is 0 Å². The van der Waals surface area contributed by atoms with Gasteiger partial charge in [-0.2, -0.15) is 0 Å². The van der Waals surface area contributed by atoms with Crippen LogP contribution in [0.1, 0.15) is 55.8 Å². The molecule has 7 heteroatoms. The number of aliphatic hydroxyl groups is 1. The summed E-state index contributed by atoms with van der Waals surface area (Å²) in [6, 6.07) is 11.7. The second-order valence-electron chi connectivity index (χ2n) is 9.90. The molecule has 1 aliphatic rings. The van der Waals surface area contributed by atoms with Crippen LogP contribution in [0.2, 0.25) is 0 Å². The number of likely N-dealkylation sites (tertiary alicyclic amines) is 1. The molecular weight excluding hydrogens is 454 g/mol. The predicted octanol–water partition coefficient (Wildman–Crippen LogP) is 4.89. The third kappa shape index (κ3) is 7.02. The average Bonchev–Trinajstić information content (AvgIpc) is 2.90. The molecule has 3 heterocycles. The fourth-order valence-corrected chi connectivity index (χ4v) is 5.50. The Hall–Kier alpha value is -3.03. The number of unbranched alkanes of at least 4 members (excludes halogenated alkanes) is 1. The van der Waals surface area contributed by atoms with E-state index in [9.17, 15) is 15.0 Å². The number of nitrogens with zero attached hydrogens (tertiary/aromatic N) is 3. The van der Waals surface area contributed by atoms with Gasteiger partial charge < -0.3 is 19.8 Å². The minimum atomic E-state index is -0.739. The molecule has 36 heavy (non-hydrogen) atoms. The number of pyridine rings is 2. The number of carbonyl (C=O) groups is 1. The number of benzene rings is 1. The first-order valence-corrected chi connectivity index (χ1v) is 13.0. The summed E-state index contributed by atoms with van der Waals surface area (Å²) in [5.74, 6) is 0.403. The van der Waals surface area contributed by atoms with Gasteiger partial charge in [0.15, 0.2) is 0 Å². The Balaban J connectivity index is 1.31. The van der Waals surface area contributed by atoms with Crippen LogP contribution in [0.15, 0.2) is 55.0 Å². The number of methoxy groups -OCH3 is 1. The van der Waals surface area contributed by atoms with Gasteiger partial charge in [-0.15, -0.1) is 0 Å². The number of aromatic nitrogens is 2. The van der Waals surface area contributed by atoms with Gasteiger partial charge in [0.05, 0.1) is 18.7 Å². The number of carboxylic acid groups (broad SMARTS) is 1. The van der Waals surface area contributed by atoms with Crippen LogP contribution in [0.4, 0.5) is 0 Å². The molecule has 192 valence electrons. The van der Waals surface area contributed by atoms with Crippen LogP contribution >= 0.6 is 0 Å². The number of carboxylic acids is 1. The molecule has 0 aliphatic carbocycles. The lowest BCUT2D eigenvalue weighted by Crippen LogP contribution is -2.41. The zero-order valence-corrected chi connectivity index (χ0v) is 21.1. The van der Waals surface area contributed by atoms with Gasteiger partial charge >= 0.3 is 5.97 Å². The normalized spacial score (nSPS) is 19.3. The molecule has 4 rings (SSSR count). The molecule has 0 saturated carbocycles. The average molecular weight is 492 g/mol. The molecule has 7 nitrogen and oxygen atoms in total. The molecule has 0 bridgehead atoms. The minimum absolute atomic E-state index is 0.109. The Bertz CT molecular complexity index is 1120. The van der Waals surface area contributed by atoms with Crippen LogP contribution in [-0.4, -0.2) is 57.8 Å². The molecule has 1 aliphatic heterocycles. The molecule has 1 saturated heterocycles. The second kappa shape index (κ2) is 12.8. The zero-order chi connectivity index (χ0) is 25.3. The van der Waals surface area contributed by atoms with Crippen molar-refractivity contribution in [1.29, 1.82) is 0 Å². The standard InChI is InChI=1S/C29H37N3O4/c1-36-24-6-7-27-26(19-24)25(11-15-31-27)28(33)8-5-22-12-17-32(20-23(22)18-29(34)35)16-3-2-4-21-9-13-30-14-10-21/h6-7,9-11,13-15,19,22-23,28,33H,2-5,8,12,16-18,20H2,1H3,(H,34,35)/t22-,23+,28+/m1/s1. The van der Waals surface area contributed by atoms with Crippen LogP contribution in [0.3, 0.4) is 0 Å². The van der Waals surface area contributed by atoms with Gasteiger partial charge in [-0.1, -0.05) is 0 Å². The Morgan fingerprint density at radius 1 is 1.14 bits per heavy atom. The van der Waals surface area contributed by atoms with Crippen LogP contribution in [0.25, 0.3) is 10.9 Å². The number of aliphatic hydroxyl groups excluding tert-OH is 1. The van der Waals surface area contributed by atoms with E-state index in [0.717, 1.165) is 74.0 Å². The molecule has 1 fully saturated rings. The van der Waals surface area contributed by atoms with E-state index in [-0.39, 0.29) is 12.3 Å². The summed E-state index contributed by atoms with van der Waals surface area (Å²) in [5.41, 5.74) is 2.99. The van der Waals surface area contributed by atoms with Crippen molar-refractivity contribution < 1.29 is 19.7 Å². The highest BCUT2D eigenvalue weighted by molar-refractivity contribution is 5.83. The first-order chi connectivity index (χ1) is 17.5. The fourth-order valence-electron chi connectivity index (χ4n) is 5.50. The first-order valence-electron chi connectivity index (χ1n) is 13.0. The van der Waals surface area contributed by atoms with E-state index in [1.54, 1.807) is 13.3 Å². The molecule has 2 N–H and O–H groups in total. The highest BCUT2D eigenvalue weighted by Gasteiger charge is 2.31. The van der Waals surface area contributed by atoms with Crippen LogP contribution in [0, 0.1) is 11.8 Å². The molecule has 3 aromatic rings. The predicted molar refractivity (Wildman–Crippen MR) is 140 cm³/mol. The Labute approximate surface area is 213 Å². The summed E-state index contributed by atoms with van der Waals surface area (Å²) in [6.07, 6.45) is 10.6. The van der Waals surface area contributed by atoms with Gasteiger partial charge in [-0.05, 0) is 111 Å². The monoisotopic (exact) mass is 491 g/mol. The van der Waals surface area contributed by atoms with Crippen molar-refractivity contribution >= 4 is 16.9 Å². The number of fused-ring (bicyclic) bond motifs is 1. The van der Waals surface area contributed by atoms with Gasteiger partial charge in [0.25, 0.3) is 0 Å². The van der Waals surface area contributed by atoms with Crippen LogP contribution in [0.5, 0.6) is 5.75 Å². The SMILES string of the molecule is COc1ccc2nccc([C@@H](O)CC[C@@H]3CCN(CCCCc4ccncc4)C[C@@H]3CC(=O)O)c2c1. The Morgan fingerprint density at radius 2 is 1.97 bits per heavy atom. The molecule has 3 atom stereocenters. The quantitative estimate of drug-likeness (QED) is 0.348. The van der Waals surface area contributed by atoms with Gasteiger partial charge in [-0.25, -0.2) is 0 Å². The molecule has 0 spiro atoms. The summed E-state index contributed by atoms with van der Waals surface area (Å²) < 4.78 is 5.36. The third-order valence-electron chi connectivity index (χ3n) is 7.50. The largest absolute Gasteiger partial charge is 0.497 e. The van der Waals surface area contributed by atoms with Crippen molar-refractivity contribution in [1.82, 2.24) is 14.9 Å². The molecule has 0 unspecified atom stereocenters. The van der Waals surface area contributed by atoms with Crippen molar-refractivity contribution in [2.45, 2.75) is 51.0 Å². The van der Waals surface area contributed by atoms with Crippen molar-refractivity contribution in [3.05, 3.63) is 66.1 Å². The second-order valence-corrected chi connectivity index (χ2v) is 9.90. The van der Waals surface area contributed by atoms with E-state index in [4.69, 9.17) is 4.74 Å². The summed E-state index contributed by atoms with van der Waals surface area (Å²) in [4.78, 5) is 22.5. The number of rotatable bonds is 12. The van der Waals surface area contributed by atoms with Crippen molar-refractivity contribution in [2.24, 2.45) is 11.8 Å². The first kappa shape index (κ1) is 26.0. The molecule has 2 aromatic heterocycles. The van der Waals surface area contributed by atoms with Gasteiger partial charge in [0.2, 0.25) is 0 Å². The van der Waals surface area contributed by atoms with Gasteiger partial charge in [-0.3, -0.25) is 14.8 Å². The maximum Gasteiger partial charge on any atom is 0.303 e. The molecular formula is C29H37N3O4. The summed E-state index contributed by atoms with van der Waals surface area (Å²) >= 11 is 0. The molecule has 0 amide bonds. The molecule has 0 radical (unpaired) electrons. The maximum absolute atomic E-state index is 11.6. The smallest absolute Gasteiger partial charge is 0.303 e. The summed E-state index contributed by atoms with van der Waals surface area (Å²) in [7, 11) is 1.63. The van der Waals surface area contributed by atoms with Gasteiger partial charge in [0, 0.05) is 36.9 Å². The lowest BCUT2D eigenvalue weighted by molar-refractivity contribution is -0.139. The summed E-state index contributed by atoms with van der Waals surface area (Å²) in [6.45, 7) is 2.81. The van der Waals surface area contributed by atoms with Crippen molar-refractivity contribution in [3.8, 4) is 5.75 Å². The number of aliphatic carboxylic acids is 1. The topological polar surface area (TPSA) is 95.8 Å². The van der Waals surface area contributed by atoms with E-state index >= 15 is 0 Å². The fraction of sp³-hybridized carbons (Fsp3) is 0.483. The minimum Gasteiger partial charge on any atom is -0.497 e. The number of piperidine rings is 1. The van der Waals surface area contributed by atoms with E-state index < -0.39 is 12.1 Å². The van der Waals surface area contributed by atoms with Crippen LogP contribution in [-0.2, 0) is 11.2 Å². The summed E-state index contributed by atoms with van der Waals surface area (Å²) in [5, 5.41) is 21.5.